The Kier molecular flexibility index (Phi) is 4.35. The van der Waals surface area contributed by atoms with E-state index >= 15 is 0 Å². The second-order valence-corrected chi connectivity index (χ2v) is 3.76. The fourth-order valence-corrected chi connectivity index (χ4v) is 1.30. The van der Waals surface area contributed by atoms with Gasteiger partial charge in [-0.3, -0.25) is 4.90 Å². The number of rotatable bonds is 4. The van der Waals surface area contributed by atoms with E-state index in [0.717, 1.165) is 16.7 Å². The molecule has 4 heteroatoms. The Labute approximate surface area is 86.5 Å². The first-order chi connectivity index (χ1) is 6.22. The van der Waals surface area contributed by atoms with Gasteiger partial charge in [0.25, 0.3) is 0 Å². The zero-order valence-corrected chi connectivity index (χ0v) is 9.16. The fourth-order valence-electron chi connectivity index (χ4n) is 1.06. The maximum Gasteiger partial charge on any atom is 0.106 e. The molecule has 1 heterocycles. The Hall–Kier alpha value is -0.450. The van der Waals surface area contributed by atoms with E-state index in [9.17, 15) is 0 Å². The van der Waals surface area contributed by atoms with E-state index in [1.54, 1.807) is 0 Å². The first-order valence-electron chi connectivity index (χ1n) is 4.12. The van der Waals surface area contributed by atoms with E-state index in [2.05, 4.69) is 20.9 Å². The van der Waals surface area contributed by atoms with Crippen LogP contribution >= 0.6 is 15.9 Å². The second kappa shape index (κ2) is 5.32. The lowest BCUT2D eigenvalue weighted by Gasteiger charge is -2.14. The van der Waals surface area contributed by atoms with Gasteiger partial charge in [-0.25, -0.2) is 4.98 Å². The summed E-state index contributed by atoms with van der Waals surface area (Å²) >= 11 is 3.28. The first kappa shape index (κ1) is 10.6. The van der Waals surface area contributed by atoms with Crippen LogP contribution in [0.25, 0.3) is 0 Å². The summed E-state index contributed by atoms with van der Waals surface area (Å²) in [6.45, 7) is 1.71. The third kappa shape index (κ3) is 3.85. The molecule has 1 aromatic heterocycles. The number of aliphatic hydroxyl groups is 1. The highest BCUT2D eigenvalue weighted by Gasteiger charge is 1.99. The zero-order chi connectivity index (χ0) is 9.68. The SMILES string of the molecule is CN(CCO)Cc1ccc(Br)nc1. The van der Waals surface area contributed by atoms with Gasteiger partial charge in [0.15, 0.2) is 0 Å². The summed E-state index contributed by atoms with van der Waals surface area (Å²) in [4.78, 5) is 6.17. The average molecular weight is 245 g/mol. The van der Waals surface area contributed by atoms with Crippen LogP contribution in [0.15, 0.2) is 22.9 Å². The van der Waals surface area contributed by atoms with E-state index in [0.29, 0.717) is 6.54 Å². The molecule has 0 amide bonds. The summed E-state index contributed by atoms with van der Waals surface area (Å²) < 4.78 is 0.848. The van der Waals surface area contributed by atoms with E-state index in [1.807, 2.05) is 30.3 Å². The predicted octanol–water partition coefficient (Wildman–Crippen LogP) is 1.27. The Bertz CT molecular complexity index is 250. The molecule has 0 aliphatic rings. The van der Waals surface area contributed by atoms with Gasteiger partial charge in [0.2, 0.25) is 0 Å². The largest absolute Gasteiger partial charge is 0.395 e. The van der Waals surface area contributed by atoms with Crippen LogP contribution in [0.1, 0.15) is 5.56 Å². The summed E-state index contributed by atoms with van der Waals surface area (Å²) in [7, 11) is 1.97. The Morgan fingerprint density at radius 3 is 2.85 bits per heavy atom. The molecule has 13 heavy (non-hydrogen) atoms. The number of hydrogen-bond donors (Lipinski definition) is 1. The Balaban J connectivity index is 2.49. The normalized spacial score (nSPS) is 10.8. The molecule has 3 nitrogen and oxygen atoms in total. The zero-order valence-electron chi connectivity index (χ0n) is 7.57. The third-order valence-electron chi connectivity index (χ3n) is 1.72. The number of aromatic nitrogens is 1. The van der Waals surface area contributed by atoms with Crippen molar-refractivity contribution in [2.45, 2.75) is 6.54 Å². The van der Waals surface area contributed by atoms with E-state index in [-0.39, 0.29) is 6.61 Å². The van der Waals surface area contributed by atoms with Crippen molar-refractivity contribution in [3.8, 4) is 0 Å². The van der Waals surface area contributed by atoms with Gasteiger partial charge < -0.3 is 5.11 Å². The van der Waals surface area contributed by atoms with Crippen LogP contribution in [0.2, 0.25) is 0 Å². The molecule has 1 aromatic rings. The van der Waals surface area contributed by atoms with Gasteiger partial charge in [0.1, 0.15) is 4.60 Å². The van der Waals surface area contributed by atoms with Crippen molar-refractivity contribution in [3.05, 3.63) is 28.5 Å². The minimum absolute atomic E-state index is 0.195. The van der Waals surface area contributed by atoms with Gasteiger partial charge in [-0.15, -0.1) is 0 Å². The molecule has 0 radical (unpaired) electrons. The molecule has 0 aliphatic carbocycles. The van der Waals surface area contributed by atoms with Crippen LogP contribution in [0.4, 0.5) is 0 Å². The molecular formula is C9H13BrN2O. The molecule has 0 saturated heterocycles. The van der Waals surface area contributed by atoms with Crippen molar-refractivity contribution in [2.75, 3.05) is 20.2 Å². The quantitative estimate of drug-likeness (QED) is 0.811. The lowest BCUT2D eigenvalue weighted by molar-refractivity contribution is 0.217. The average Bonchev–Trinajstić information content (AvgIpc) is 2.09. The molecule has 72 valence electrons. The van der Waals surface area contributed by atoms with Gasteiger partial charge in [-0.05, 0) is 34.6 Å². The number of hydrogen-bond acceptors (Lipinski definition) is 3. The molecule has 0 aliphatic heterocycles. The molecule has 1 N–H and O–H groups in total. The van der Waals surface area contributed by atoms with E-state index in [4.69, 9.17) is 5.11 Å². The second-order valence-electron chi connectivity index (χ2n) is 2.95. The van der Waals surface area contributed by atoms with Crippen LogP contribution < -0.4 is 0 Å². The molecule has 0 atom stereocenters. The van der Waals surface area contributed by atoms with Crippen LogP contribution in [0.5, 0.6) is 0 Å². The predicted molar refractivity (Wildman–Crippen MR) is 55.4 cm³/mol. The molecule has 0 aromatic carbocycles. The molecule has 0 spiro atoms. The van der Waals surface area contributed by atoms with Crippen molar-refractivity contribution in [1.82, 2.24) is 9.88 Å². The van der Waals surface area contributed by atoms with Gasteiger partial charge in [-0.2, -0.15) is 0 Å². The van der Waals surface area contributed by atoms with E-state index < -0.39 is 0 Å². The number of likely N-dealkylation sites (N-methyl/N-ethyl adjacent to an activating group) is 1. The van der Waals surface area contributed by atoms with Crippen molar-refractivity contribution in [2.24, 2.45) is 0 Å². The molecule has 0 unspecified atom stereocenters. The number of aliphatic hydroxyl groups excluding tert-OH is 1. The summed E-state index contributed by atoms with van der Waals surface area (Å²) in [5.74, 6) is 0. The minimum Gasteiger partial charge on any atom is -0.395 e. The highest BCUT2D eigenvalue weighted by atomic mass is 79.9. The molecule has 0 bridgehead atoms. The standard InChI is InChI=1S/C9H13BrN2O/c1-12(4-5-13)7-8-2-3-9(10)11-6-8/h2-3,6,13H,4-5,7H2,1H3. The summed E-state index contributed by atoms with van der Waals surface area (Å²) in [5, 5.41) is 8.69. The maximum atomic E-state index is 8.69. The number of halogens is 1. The van der Waals surface area contributed by atoms with Crippen LogP contribution in [0, 0.1) is 0 Å². The number of pyridine rings is 1. The smallest absolute Gasteiger partial charge is 0.106 e. The maximum absolute atomic E-state index is 8.69. The minimum atomic E-state index is 0.195. The van der Waals surface area contributed by atoms with Crippen molar-refractivity contribution in [3.63, 3.8) is 0 Å². The molecule has 0 fully saturated rings. The lowest BCUT2D eigenvalue weighted by Crippen LogP contribution is -2.21. The van der Waals surface area contributed by atoms with Crippen LogP contribution in [-0.2, 0) is 6.54 Å². The fraction of sp³-hybridized carbons (Fsp3) is 0.444. The number of nitrogens with zero attached hydrogens (tertiary/aromatic N) is 2. The Morgan fingerprint density at radius 1 is 1.54 bits per heavy atom. The molecule has 0 saturated carbocycles. The highest BCUT2D eigenvalue weighted by Crippen LogP contribution is 2.07. The van der Waals surface area contributed by atoms with Gasteiger partial charge in [0.05, 0.1) is 6.61 Å². The molecular weight excluding hydrogens is 232 g/mol. The monoisotopic (exact) mass is 244 g/mol. The third-order valence-corrected chi connectivity index (χ3v) is 2.19. The van der Waals surface area contributed by atoms with Crippen LogP contribution in [0.3, 0.4) is 0 Å². The van der Waals surface area contributed by atoms with Crippen LogP contribution in [-0.4, -0.2) is 35.2 Å². The summed E-state index contributed by atoms with van der Waals surface area (Å²) in [5.41, 5.74) is 1.15. The highest BCUT2D eigenvalue weighted by molar-refractivity contribution is 9.10. The van der Waals surface area contributed by atoms with Crippen molar-refractivity contribution in [1.29, 1.82) is 0 Å². The van der Waals surface area contributed by atoms with Gasteiger partial charge in [0, 0.05) is 19.3 Å². The topological polar surface area (TPSA) is 36.4 Å². The summed E-state index contributed by atoms with van der Waals surface area (Å²) in [6, 6.07) is 3.94. The van der Waals surface area contributed by atoms with Crippen molar-refractivity contribution >= 4 is 15.9 Å². The van der Waals surface area contributed by atoms with E-state index in [1.165, 1.54) is 0 Å². The Morgan fingerprint density at radius 2 is 2.31 bits per heavy atom. The molecule has 1 rings (SSSR count). The first-order valence-corrected chi connectivity index (χ1v) is 4.91. The summed E-state index contributed by atoms with van der Waals surface area (Å²) in [6.07, 6.45) is 1.83. The van der Waals surface area contributed by atoms with Crippen molar-refractivity contribution < 1.29 is 5.11 Å². The van der Waals surface area contributed by atoms with Gasteiger partial charge >= 0.3 is 0 Å². The van der Waals surface area contributed by atoms with Gasteiger partial charge in [-0.1, -0.05) is 6.07 Å². The lowest BCUT2D eigenvalue weighted by atomic mass is 10.3.